The van der Waals surface area contributed by atoms with Crippen molar-refractivity contribution in [2.45, 2.75) is 19.8 Å². The van der Waals surface area contributed by atoms with Crippen molar-refractivity contribution in [3.05, 3.63) is 22.2 Å². The average molecular weight is 259 g/mol. The molecule has 0 atom stereocenters. The molecule has 0 N–H and O–H groups in total. The molecule has 0 saturated heterocycles. The minimum absolute atomic E-state index is 0.881. The molecule has 0 saturated carbocycles. The predicted octanol–water partition coefficient (Wildman–Crippen LogP) is 3.42. The minimum atomic E-state index is 0.881. The Labute approximate surface area is 93.4 Å². The van der Waals surface area contributed by atoms with Gasteiger partial charge in [-0.05, 0) is 34.5 Å². The van der Waals surface area contributed by atoms with E-state index in [-0.39, 0.29) is 0 Å². The van der Waals surface area contributed by atoms with E-state index in [1.807, 2.05) is 12.1 Å². The highest BCUT2D eigenvalue weighted by Crippen LogP contribution is 2.36. The molecule has 0 aliphatic heterocycles. The van der Waals surface area contributed by atoms with E-state index < -0.39 is 0 Å². The second kappa shape index (κ2) is 5.25. The van der Waals surface area contributed by atoms with Crippen LogP contribution in [0.5, 0.6) is 11.5 Å². The molecular formula is C11H15BrO2. The molecule has 0 radical (unpaired) electrons. The second-order valence-corrected chi connectivity index (χ2v) is 3.87. The van der Waals surface area contributed by atoms with Crippen molar-refractivity contribution in [2.75, 3.05) is 14.2 Å². The summed E-state index contributed by atoms with van der Waals surface area (Å²) in [6, 6.07) is 3.90. The zero-order valence-corrected chi connectivity index (χ0v) is 10.3. The molecule has 0 amide bonds. The molecule has 0 fully saturated rings. The van der Waals surface area contributed by atoms with Crippen molar-refractivity contribution in [1.82, 2.24) is 0 Å². The predicted molar refractivity (Wildman–Crippen MR) is 61.2 cm³/mol. The fourth-order valence-electron chi connectivity index (χ4n) is 1.48. The first-order chi connectivity index (χ1) is 6.74. The largest absolute Gasteiger partial charge is 0.496 e. The van der Waals surface area contributed by atoms with Crippen LogP contribution in [0.4, 0.5) is 0 Å². The van der Waals surface area contributed by atoms with E-state index in [4.69, 9.17) is 9.47 Å². The summed E-state index contributed by atoms with van der Waals surface area (Å²) in [4.78, 5) is 0. The molecule has 0 spiro atoms. The second-order valence-electron chi connectivity index (χ2n) is 3.01. The fraction of sp³-hybridized carbons (Fsp3) is 0.455. The number of benzene rings is 1. The van der Waals surface area contributed by atoms with E-state index in [9.17, 15) is 0 Å². The van der Waals surface area contributed by atoms with Crippen molar-refractivity contribution < 1.29 is 9.47 Å². The van der Waals surface area contributed by atoms with Gasteiger partial charge in [0.1, 0.15) is 11.5 Å². The summed E-state index contributed by atoms with van der Waals surface area (Å²) in [5, 5.41) is 0. The van der Waals surface area contributed by atoms with Gasteiger partial charge in [0.05, 0.1) is 18.7 Å². The standard InChI is InChI=1S/C11H15BrO2/c1-4-5-8-10(13-2)7-6-9(12)11(8)14-3/h6-7H,4-5H2,1-3H3. The zero-order chi connectivity index (χ0) is 10.6. The van der Waals surface area contributed by atoms with Gasteiger partial charge in [-0.1, -0.05) is 13.3 Å². The average Bonchev–Trinajstić information content (AvgIpc) is 2.19. The highest BCUT2D eigenvalue weighted by Gasteiger charge is 2.12. The molecule has 1 aromatic carbocycles. The Morgan fingerprint density at radius 1 is 1.21 bits per heavy atom. The SMILES string of the molecule is CCCc1c(OC)ccc(Br)c1OC. The Kier molecular flexibility index (Phi) is 4.26. The van der Waals surface area contributed by atoms with Crippen LogP contribution in [-0.2, 0) is 6.42 Å². The monoisotopic (exact) mass is 258 g/mol. The fourth-order valence-corrected chi connectivity index (χ4v) is 2.01. The summed E-state index contributed by atoms with van der Waals surface area (Å²) in [5.74, 6) is 1.78. The number of hydrogen-bond donors (Lipinski definition) is 0. The van der Waals surface area contributed by atoms with Gasteiger partial charge in [-0.2, -0.15) is 0 Å². The maximum Gasteiger partial charge on any atom is 0.139 e. The first-order valence-corrected chi connectivity index (χ1v) is 5.43. The summed E-state index contributed by atoms with van der Waals surface area (Å²) in [6.45, 7) is 2.14. The van der Waals surface area contributed by atoms with Crippen LogP contribution in [0.2, 0.25) is 0 Å². The van der Waals surface area contributed by atoms with Gasteiger partial charge in [-0.3, -0.25) is 0 Å². The number of hydrogen-bond acceptors (Lipinski definition) is 2. The van der Waals surface area contributed by atoms with E-state index >= 15 is 0 Å². The molecule has 0 unspecified atom stereocenters. The van der Waals surface area contributed by atoms with Crippen LogP contribution in [0.1, 0.15) is 18.9 Å². The van der Waals surface area contributed by atoms with Crippen LogP contribution in [0, 0.1) is 0 Å². The molecule has 14 heavy (non-hydrogen) atoms. The Morgan fingerprint density at radius 3 is 2.43 bits per heavy atom. The van der Waals surface area contributed by atoms with Gasteiger partial charge in [0.2, 0.25) is 0 Å². The molecule has 0 aromatic heterocycles. The lowest BCUT2D eigenvalue weighted by Crippen LogP contribution is -1.97. The summed E-state index contributed by atoms with van der Waals surface area (Å²) in [5.41, 5.74) is 1.13. The van der Waals surface area contributed by atoms with Crippen LogP contribution in [0.3, 0.4) is 0 Å². The third kappa shape index (κ3) is 2.21. The third-order valence-electron chi connectivity index (χ3n) is 2.09. The van der Waals surface area contributed by atoms with Crippen molar-refractivity contribution in [3.63, 3.8) is 0 Å². The van der Waals surface area contributed by atoms with Crippen LogP contribution >= 0.6 is 15.9 Å². The Bertz CT molecular complexity index is 310. The van der Waals surface area contributed by atoms with Gasteiger partial charge >= 0.3 is 0 Å². The lowest BCUT2D eigenvalue weighted by atomic mass is 10.1. The molecule has 0 heterocycles. The normalized spacial score (nSPS) is 10.0. The van der Waals surface area contributed by atoms with Crippen LogP contribution < -0.4 is 9.47 Å². The molecule has 3 heteroatoms. The van der Waals surface area contributed by atoms with Crippen molar-refractivity contribution in [3.8, 4) is 11.5 Å². The zero-order valence-electron chi connectivity index (χ0n) is 8.76. The quantitative estimate of drug-likeness (QED) is 0.824. The number of halogens is 1. The van der Waals surface area contributed by atoms with Gasteiger partial charge in [-0.15, -0.1) is 0 Å². The van der Waals surface area contributed by atoms with Crippen molar-refractivity contribution >= 4 is 15.9 Å². The first kappa shape index (κ1) is 11.4. The molecule has 0 aliphatic rings. The van der Waals surface area contributed by atoms with Crippen LogP contribution in [-0.4, -0.2) is 14.2 Å². The summed E-state index contributed by atoms with van der Waals surface area (Å²) >= 11 is 3.46. The van der Waals surface area contributed by atoms with Crippen molar-refractivity contribution in [1.29, 1.82) is 0 Å². The highest BCUT2D eigenvalue weighted by atomic mass is 79.9. The Hall–Kier alpha value is -0.700. The van der Waals surface area contributed by atoms with Gasteiger partial charge in [-0.25, -0.2) is 0 Å². The third-order valence-corrected chi connectivity index (χ3v) is 2.72. The lowest BCUT2D eigenvalue weighted by Gasteiger charge is -2.13. The molecule has 2 nitrogen and oxygen atoms in total. The summed E-state index contributed by atoms with van der Waals surface area (Å²) < 4.78 is 11.6. The van der Waals surface area contributed by atoms with Gasteiger partial charge in [0, 0.05) is 5.56 Å². The molecule has 1 rings (SSSR count). The molecule has 78 valence electrons. The lowest BCUT2D eigenvalue weighted by molar-refractivity contribution is 0.383. The minimum Gasteiger partial charge on any atom is -0.496 e. The van der Waals surface area contributed by atoms with Crippen LogP contribution in [0.25, 0.3) is 0 Å². The van der Waals surface area contributed by atoms with E-state index in [2.05, 4.69) is 22.9 Å². The Morgan fingerprint density at radius 2 is 1.93 bits per heavy atom. The Balaban J connectivity index is 3.21. The molecule has 0 aliphatic carbocycles. The topological polar surface area (TPSA) is 18.5 Å². The first-order valence-electron chi connectivity index (χ1n) is 4.64. The summed E-state index contributed by atoms with van der Waals surface area (Å²) in [6.07, 6.45) is 2.04. The number of rotatable bonds is 4. The maximum absolute atomic E-state index is 5.34. The number of ether oxygens (including phenoxy) is 2. The van der Waals surface area contributed by atoms with Gasteiger partial charge in [0.15, 0.2) is 0 Å². The molecular weight excluding hydrogens is 244 g/mol. The van der Waals surface area contributed by atoms with E-state index in [1.165, 1.54) is 0 Å². The highest BCUT2D eigenvalue weighted by molar-refractivity contribution is 9.10. The van der Waals surface area contributed by atoms with Crippen molar-refractivity contribution in [2.24, 2.45) is 0 Å². The van der Waals surface area contributed by atoms with Gasteiger partial charge < -0.3 is 9.47 Å². The smallest absolute Gasteiger partial charge is 0.139 e. The van der Waals surface area contributed by atoms with E-state index in [1.54, 1.807) is 14.2 Å². The van der Waals surface area contributed by atoms with E-state index in [0.29, 0.717) is 0 Å². The molecule has 1 aromatic rings. The van der Waals surface area contributed by atoms with Crippen LogP contribution in [0.15, 0.2) is 16.6 Å². The summed E-state index contributed by atoms with van der Waals surface area (Å²) in [7, 11) is 3.36. The maximum atomic E-state index is 5.34. The number of methoxy groups -OCH3 is 2. The van der Waals surface area contributed by atoms with E-state index in [0.717, 1.165) is 34.4 Å². The van der Waals surface area contributed by atoms with Gasteiger partial charge in [0.25, 0.3) is 0 Å². The molecule has 0 bridgehead atoms.